The van der Waals surface area contributed by atoms with E-state index in [1.165, 1.54) is 7.11 Å². The average Bonchev–Trinajstić information content (AvgIpc) is 2.55. The molecule has 1 aliphatic rings. The predicted octanol–water partition coefficient (Wildman–Crippen LogP) is 1.37. The first-order chi connectivity index (χ1) is 8.72. The molecule has 0 unspecified atom stereocenters. The van der Waals surface area contributed by atoms with E-state index in [0.29, 0.717) is 31.0 Å². The van der Waals surface area contributed by atoms with Gasteiger partial charge in [-0.15, -0.1) is 0 Å². The van der Waals surface area contributed by atoms with Gasteiger partial charge in [-0.1, -0.05) is 12.1 Å². The molecule has 5 nitrogen and oxygen atoms in total. The van der Waals surface area contributed by atoms with Crippen molar-refractivity contribution in [3.63, 3.8) is 0 Å². The Morgan fingerprint density at radius 2 is 2.22 bits per heavy atom. The molecule has 96 valence electrons. The third kappa shape index (κ3) is 2.61. The first-order valence-electron chi connectivity index (χ1n) is 5.81. The number of para-hydroxylation sites is 2. The summed E-state index contributed by atoms with van der Waals surface area (Å²) in [7, 11) is 1.34. The van der Waals surface area contributed by atoms with Gasteiger partial charge in [-0.25, -0.2) is 0 Å². The van der Waals surface area contributed by atoms with Gasteiger partial charge in [-0.2, -0.15) is 0 Å². The van der Waals surface area contributed by atoms with E-state index in [-0.39, 0.29) is 18.3 Å². The van der Waals surface area contributed by atoms with Gasteiger partial charge in [0.15, 0.2) is 0 Å². The Morgan fingerprint density at radius 3 is 3.00 bits per heavy atom. The normalized spacial score (nSPS) is 14.5. The van der Waals surface area contributed by atoms with Gasteiger partial charge in [-0.3, -0.25) is 9.59 Å². The predicted molar refractivity (Wildman–Crippen MR) is 65.5 cm³/mol. The van der Waals surface area contributed by atoms with Crippen LogP contribution in [0.2, 0.25) is 0 Å². The van der Waals surface area contributed by atoms with Gasteiger partial charge in [0.25, 0.3) is 0 Å². The van der Waals surface area contributed by atoms with Gasteiger partial charge in [0.2, 0.25) is 5.91 Å². The van der Waals surface area contributed by atoms with Crippen molar-refractivity contribution in [2.75, 3.05) is 25.2 Å². The number of nitrogens with zero attached hydrogens (tertiary/aromatic N) is 1. The number of carbonyl (C=O) groups is 2. The van der Waals surface area contributed by atoms with Gasteiger partial charge < -0.3 is 14.4 Å². The Labute approximate surface area is 105 Å². The maximum Gasteiger partial charge on any atom is 0.307 e. The van der Waals surface area contributed by atoms with Gasteiger partial charge in [0.1, 0.15) is 5.75 Å². The minimum atomic E-state index is -0.328. The van der Waals surface area contributed by atoms with E-state index in [2.05, 4.69) is 4.74 Å². The van der Waals surface area contributed by atoms with Gasteiger partial charge in [0, 0.05) is 6.54 Å². The molecule has 1 aliphatic heterocycles. The molecule has 0 atom stereocenters. The van der Waals surface area contributed by atoms with Crippen molar-refractivity contribution in [3.8, 4) is 5.75 Å². The highest BCUT2D eigenvalue weighted by atomic mass is 16.5. The second-order valence-corrected chi connectivity index (χ2v) is 3.94. The van der Waals surface area contributed by atoms with Crippen LogP contribution in [0.3, 0.4) is 0 Å². The molecule has 1 heterocycles. The SMILES string of the molecule is COC(=O)CCN1C(=O)CCOc2ccccc21. The lowest BCUT2D eigenvalue weighted by molar-refractivity contribution is -0.140. The number of anilines is 1. The van der Waals surface area contributed by atoms with Crippen LogP contribution in [0, 0.1) is 0 Å². The highest BCUT2D eigenvalue weighted by Crippen LogP contribution is 2.30. The van der Waals surface area contributed by atoms with Crippen molar-refractivity contribution in [2.45, 2.75) is 12.8 Å². The number of esters is 1. The Morgan fingerprint density at radius 1 is 1.44 bits per heavy atom. The molecule has 0 spiro atoms. The lowest BCUT2D eigenvalue weighted by Crippen LogP contribution is -2.32. The standard InChI is InChI=1S/C13H15NO4/c1-17-13(16)6-8-14-10-4-2-3-5-11(10)18-9-7-12(14)15/h2-5H,6-9H2,1H3. The largest absolute Gasteiger partial charge is 0.491 e. The molecule has 18 heavy (non-hydrogen) atoms. The molecule has 0 saturated heterocycles. The van der Waals surface area contributed by atoms with E-state index in [9.17, 15) is 9.59 Å². The number of ether oxygens (including phenoxy) is 2. The molecule has 1 aromatic carbocycles. The summed E-state index contributed by atoms with van der Waals surface area (Å²) in [4.78, 5) is 24.7. The monoisotopic (exact) mass is 249 g/mol. The maximum absolute atomic E-state index is 12.0. The number of rotatable bonds is 3. The minimum Gasteiger partial charge on any atom is -0.491 e. The highest BCUT2D eigenvalue weighted by Gasteiger charge is 2.23. The average molecular weight is 249 g/mol. The topological polar surface area (TPSA) is 55.8 Å². The number of carbonyl (C=O) groups excluding carboxylic acids is 2. The molecule has 1 amide bonds. The van der Waals surface area contributed by atoms with E-state index >= 15 is 0 Å². The zero-order valence-corrected chi connectivity index (χ0v) is 10.2. The molecule has 0 aromatic heterocycles. The van der Waals surface area contributed by atoms with Gasteiger partial charge in [0.05, 0.1) is 32.2 Å². The second kappa shape index (κ2) is 5.53. The van der Waals surface area contributed by atoms with Gasteiger partial charge in [-0.05, 0) is 12.1 Å². The van der Waals surface area contributed by atoms with Crippen molar-refractivity contribution >= 4 is 17.6 Å². The van der Waals surface area contributed by atoms with Crippen LogP contribution >= 0.6 is 0 Å². The zero-order chi connectivity index (χ0) is 13.0. The first kappa shape index (κ1) is 12.4. The summed E-state index contributed by atoms with van der Waals surface area (Å²) >= 11 is 0. The van der Waals surface area contributed by atoms with Crippen molar-refractivity contribution in [1.82, 2.24) is 0 Å². The molecule has 0 fully saturated rings. The number of amides is 1. The van der Waals surface area contributed by atoms with Crippen molar-refractivity contribution in [1.29, 1.82) is 0 Å². The molecular weight excluding hydrogens is 234 g/mol. The highest BCUT2D eigenvalue weighted by molar-refractivity contribution is 5.96. The van der Waals surface area contributed by atoms with Gasteiger partial charge >= 0.3 is 5.97 Å². The first-order valence-corrected chi connectivity index (χ1v) is 5.81. The van der Waals surface area contributed by atoms with Crippen LogP contribution in [-0.2, 0) is 14.3 Å². The van der Waals surface area contributed by atoms with E-state index in [1.807, 2.05) is 24.3 Å². The number of fused-ring (bicyclic) bond motifs is 1. The Hall–Kier alpha value is -2.04. The molecule has 1 aromatic rings. The minimum absolute atomic E-state index is 0.0381. The fourth-order valence-corrected chi connectivity index (χ4v) is 1.87. The van der Waals surface area contributed by atoms with E-state index in [4.69, 9.17) is 4.74 Å². The van der Waals surface area contributed by atoms with E-state index in [0.717, 1.165) is 0 Å². The Kier molecular flexibility index (Phi) is 3.82. The van der Waals surface area contributed by atoms with Crippen LogP contribution in [0.15, 0.2) is 24.3 Å². The summed E-state index contributed by atoms with van der Waals surface area (Å²) in [6.45, 7) is 0.677. The van der Waals surface area contributed by atoms with E-state index < -0.39 is 0 Å². The molecule has 0 N–H and O–H groups in total. The fourth-order valence-electron chi connectivity index (χ4n) is 1.87. The third-order valence-corrected chi connectivity index (χ3v) is 2.80. The van der Waals surface area contributed by atoms with Crippen LogP contribution in [0.4, 0.5) is 5.69 Å². The molecule has 0 bridgehead atoms. The maximum atomic E-state index is 12.0. The molecule has 0 aliphatic carbocycles. The quantitative estimate of drug-likeness (QED) is 0.759. The summed E-state index contributed by atoms with van der Waals surface area (Å²) in [5.74, 6) is 0.308. The summed E-state index contributed by atoms with van der Waals surface area (Å²) in [5.41, 5.74) is 0.712. The van der Waals surface area contributed by atoms with E-state index in [1.54, 1.807) is 4.90 Å². The number of hydrogen-bond donors (Lipinski definition) is 0. The van der Waals surface area contributed by atoms with Crippen LogP contribution in [0.1, 0.15) is 12.8 Å². The van der Waals surface area contributed by atoms with Crippen molar-refractivity contribution in [2.24, 2.45) is 0 Å². The fraction of sp³-hybridized carbons (Fsp3) is 0.385. The lowest BCUT2D eigenvalue weighted by atomic mass is 10.2. The van der Waals surface area contributed by atoms with Crippen molar-refractivity contribution < 1.29 is 19.1 Å². The number of benzene rings is 1. The second-order valence-electron chi connectivity index (χ2n) is 3.94. The van der Waals surface area contributed by atoms with Crippen molar-refractivity contribution in [3.05, 3.63) is 24.3 Å². The van der Waals surface area contributed by atoms with Crippen LogP contribution < -0.4 is 9.64 Å². The Bertz CT molecular complexity index is 458. The Balaban J connectivity index is 2.20. The molecule has 0 saturated carbocycles. The van der Waals surface area contributed by atoms with Crippen LogP contribution in [0.25, 0.3) is 0 Å². The molecule has 5 heteroatoms. The summed E-state index contributed by atoms with van der Waals surface area (Å²) in [5, 5.41) is 0. The number of methoxy groups -OCH3 is 1. The molecular formula is C13H15NO4. The third-order valence-electron chi connectivity index (χ3n) is 2.80. The smallest absolute Gasteiger partial charge is 0.307 e. The van der Waals surface area contributed by atoms with Crippen LogP contribution in [-0.4, -0.2) is 32.1 Å². The molecule has 0 radical (unpaired) electrons. The summed E-state index contributed by atoms with van der Waals surface area (Å²) < 4.78 is 10.1. The number of hydrogen-bond acceptors (Lipinski definition) is 4. The summed E-state index contributed by atoms with van der Waals surface area (Å²) in [6.07, 6.45) is 0.492. The van der Waals surface area contributed by atoms with Crippen LogP contribution in [0.5, 0.6) is 5.75 Å². The zero-order valence-electron chi connectivity index (χ0n) is 10.2. The lowest BCUT2D eigenvalue weighted by Gasteiger charge is -2.21. The summed E-state index contributed by atoms with van der Waals surface area (Å²) in [6, 6.07) is 7.33. The molecule has 2 rings (SSSR count).